The Kier molecular flexibility index (Phi) is 3.13. The number of benzene rings is 1. The minimum atomic E-state index is -0.945. The van der Waals surface area contributed by atoms with Gasteiger partial charge in [-0.2, -0.15) is 5.26 Å². The van der Waals surface area contributed by atoms with Gasteiger partial charge in [0, 0.05) is 7.05 Å². The third-order valence-electron chi connectivity index (χ3n) is 1.94. The fourth-order valence-electron chi connectivity index (χ4n) is 1.23. The van der Waals surface area contributed by atoms with Crippen LogP contribution in [0.3, 0.4) is 0 Å². The molecule has 78 valence electrons. The van der Waals surface area contributed by atoms with E-state index in [-0.39, 0.29) is 6.54 Å². The van der Waals surface area contributed by atoms with E-state index < -0.39 is 5.97 Å². The molecular weight excluding hydrogens is 194 g/mol. The molecule has 0 amide bonds. The van der Waals surface area contributed by atoms with Crippen LogP contribution in [-0.2, 0) is 4.79 Å². The summed E-state index contributed by atoms with van der Waals surface area (Å²) in [7, 11) is 1.61. The van der Waals surface area contributed by atoms with Crippen molar-refractivity contribution in [2.45, 2.75) is 0 Å². The van der Waals surface area contributed by atoms with Crippen molar-refractivity contribution in [3.8, 4) is 6.07 Å². The van der Waals surface area contributed by atoms with E-state index in [0.717, 1.165) is 0 Å². The number of nitrogens with zero attached hydrogens (tertiary/aromatic N) is 2. The molecule has 0 aliphatic carbocycles. The average molecular weight is 205 g/mol. The first kappa shape index (κ1) is 10.9. The van der Waals surface area contributed by atoms with Crippen LogP contribution in [0.5, 0.6) is 0 Å². The Bertz CT molecular complexity index is 423. The van der Waals surface area contributed by atoms with Gasteiger partial charge in [0.05, 0.1) is 23.0 Å². The van der Waals surface area contributed by atoms with Gasteiger partial charge >= 0.3 is 5.97 Å². The fraction of sp³-hybridized carbons (Fsp3) is 0.200. The Hall–Kier alpha value is -2.22. The van der Waals surface area contributed by atoms with Crippen molar-refractivity contribution in [1.29, 1.82) is 5.26 Å². The molecule has 0 aliphatic heterocycles. The highest BCUT2D eigenvalue weighted by atomic mass is 16.4. The number of hydrogen-bond acceptors (Lipinski definition) is 4. The standard InChI is InChI=1S/C10H11N3O2/c1-13(6-10(14)15)9-4-7(5-11)2-3-8(9)12/h2-4H,6,12H2,1H3,(H,14,15). The molecule has 15 heavy (non-hydrogen) atoms. The van der Waals surface area contributed by atoms with E-state index in [9.17, 15) is 4.79 Å². The fourth-order valence-corrected chi connectivity index (χ4v) is 1.23. The SMILES string of the molecule is CN(CC(=O)O)c1cc(C#N)ccc1N. The van der Waals surface area contributed by atoms with Crippen LogP contribution < -0.4 is 10.6 Å². The van der Waals surface area contributed by atoms with E-state index in [2.05, 4.69) is 0 Å². The van der Waals surface area contributed by atoms with Crippen LogP contribution in [0.25, 0.3) is 0 Å². The molecule has 0 saturated heterocycles. The molecule has 5 nitrogen and oxygen atoms in total. The Balaban J connectivity index is 3.02. The van der Waals surface area contributed by atoms with Crippen LogP contribution in [0, 0.1) is 11.3 Å². The van der Waals surface area contributed by atoms with Crippen LogP contribution >= 0.6 is 0 Å². The molecule has 0 heterocycles. The van der Waals surface area contributed by atoms with Gasteiger partial charge < -0.3 is 15.7 Å². The van der Waals surface area contributed by atoms with Gasteiger partial charge in [-0.1, -0.05) is 0 Å². The van der Waals surface area contributed by atoms with Crippen molar-refractivity contribution >= 4 is 17.3 Å². The van der Waals surface area contributed by atoms with Gasteiger partial charge in [0.25, 0.3) is 0 Å². The maximum absolute atomic E-state index is 10.5. The average Bonchev–Trinajstić information content (AvgIpc) is 2.17. The number of nitrogen functional groups attached to an aromatic ring is 1. The van der Waals surface area contributed by atoms with Gasteiger partial charge in [0.1, 0.15) is 6.54 Å². The third-order valence-corrected chi connectivity index (χ3v) is 1.94. The van der Waals surface area contributed by atoms with Crippen molar-refractivity contribution in [3.63, 3.8) is 0 Å². The monoisotopic (exact) mass is 205 g/mol. The summed E-state index contributed by atoms with van der Waals surface area (Å²) in [5, 5.41) is 17.3. The zero-order valence-electron chi connectivity index (χ0n) is 8.27. The highest BCUT2D eigenvalue weighted by Crippen LogP contribution is 2.22. The quantitative estimate of drug-likeness (QED) is 0.707. The van der Waals surface area contributed by atoms with E-state index in [0.29, 0.717) is 16.9 Å². The minimum Gasteiger partial charge on any atom is -0.480 e. The van der Waals surface area contributed by atoms with Crippen molar-refractivity contribution < 1.29 is 9.90 Å². The molecule has 0 aromatic heterocycles. The molecule has 1 rings (SSSR count). The third kappa shape index (κ3) is 2.61. The second-order valence-corrected chi connectivity index (χ2v) is 3.14. The molecule has 0 unspecified atom stereocenters. The van der Waals surface area contributed by atoms with Gasteiger partial charge in [0.2, 0.25) is 0 Å². The number of anilines is 2. The summed E-state index contributed by atoms with van der Waals surface area (Å²) in [6.45, 7) is -0.154. The number of carbonyl (C=O) groups is 1. The van der Waals surface area contributed by atoms with Crippen molar-refractivity contribution in [2.24, 2.45) is 0 Å². The summed E-state index contributed by atoms with van der Waals surface area (Å²) in [4.78, 5) is 12.0. The smallest absolute Gasteiger partial charge is 0.323 e. The number of carboxylic acid groups (broad SMARTS) is 1. The topological polar surface area (TPSA) is 90.4 Å². The lowest BCUT2D eigenvalue weighted by Crippen LogP contribution is -2.25. The van der Waals surface area contributed by atoms with Crippen LogP contribution in [-0.4, -0.2) is 24.7 Å². The highest BCUT2D eigenvalue weighted by molar-refractivity contribution is 5.77. The summed E-state index contributed by atoms with van der Waals surface area (Å²) in [5.41, 5.74) is 7.14. The van der Waals surface area contributed by atoms with E-state index in [4.69, 9.17) is 16.1 Å². The van der Waals surface area contributed by atoms with Crippen LogP contribution in [0.15, 0.2) is 18.2 Å². The lowest BCUT2D eigenvalue weighted by Gasteiger charge is -2.18. The number of likely N-dealkylation sites (N-methyl/N-ethyl adjacent to an activating group) is 1. The summed E-state index contributed by atoms with van der Waals surface area (Å²) in [6, 6.07) is 6.72. The van der Waals surface area contributed by atoms with E-state index in [1.54, 1.807) is 25.2 Å². The molecule has 0 spiro atoms. The molecule has 0 saturated carbocycles. The van der Waals surface area contributed by atoms with Crippen molar-refractivity contribution in [3.05, 3.63) is 23.8 Å². The number of nitrogens with two attached hydrogens (primary N) is 1. The van der Waals surface area contributed by atoms with E-state index in [1.807, 2.05) is 6.07 Å². The lowest BCUT2D eigenvalue weighted by molar-refractivity contribution is -0.135. The van der Waals surface area contributed by atoms with Crippen LogP contribution in [0.1, 0.15) is 5.56 Å². The molecule has 0 radical (unpaired) electrons. The van der Waals surface area contributed by atoms with Crippen LogP contribution in [0.2, 0.25) is 0 Å². The molecule has 0 bridgehead atoms. The first-order chi connectivity index (χ1) is 7.04. The van der Waals surface area contributed by atoms with Crippen molar-refractivity contribution in [2.75, 3.05) is 24.2 Å². The molecular formula is C10H11N3O2. The second kappa shape index (κ2) is 4.33. The first-order valence-corrected chi connectivity index (χ1v) is 4.27. The largest absolute Gasteiger partial charge is 0.480 e. The predicted octanol–water partition coefficient (Wildman–Crippen LogP) is 0.661. The van der Waals surface area contributed by atoms with E-state index in [1.165, 1.54) is 4.90 Å². The maximum Gasteiger partial charge on any atom is 0.323 e. The molecule has 0 aliphatic rings. The zero-order valence-corrected chi connectivity index (χ0v) is 8.27. The molecule has 1 aromatic rings. The van der Waals surface area contributed by atoms with Crippen molar-refractivity contribution in [1.82, 2.24) is 0 Å². The van der Waals surface area contributed by atoms with Gasteiger partial charge in [-0.25, -0.2) is 0 Å². The Labute approximate surface area is 87.3 Å². The Morgan fingerprint density at radius 2 is 2.33 bits per heavy atom. The molecule has 3 N–H and O–H groups in total. The number of hydrogen-bond donors (Lipinski definition) is 2. The molecule has 1 aromatic carbocycles. The second-order valence-electron chi connectivity index (χ2n) is 3.14. The van der Waals surface area contributed by atoms with Gasteiger partial charge in [-0.3, -0.25) is 4.79 Å². The zero-order chi connectivity index (χ0) is 11.4. The molecule has 0 atom stereocenters. The van der Waals surface area contributed by atoms with Gasteiger partial charge in [-0.05, 0) is 18.2 Å². The first-order valence-electron chi connectivity index (χ1n) is 4.27. The molecule has 5 heteroatoms. The van der Waals surface area contributed by atoms with Gasteiger partial charge in [0.15, 0.2) is 0 Å². The normalized spacial score (nSPS) is 9.33. The molecule has 0 fully saturated rings. The summed E-state index contributed by atoms with van der Waals surface area (Å²) in [5.74, 6) is -0.945. The number of aliphatic carboxylic acids is 1. The predicted molar refractivity (Wildman–Crippen MR) is 56.5 cm³/mol. The summed E-state index contributed by atoms with van der Waals surface area (Å²) >= 11 is 0. The Morgan fingerprint density at radius 1 is 1.67 bits per heavy atom. The van der Waals surface area contributed by atoms with Crippen LogP contribution in [0.4, 0.5) is 11.4 Å². The highest BCUT2D eigenvalue weighted by Gasteiger charge is 2.09. The number of nitriles is 1. The maximum atomic E-state index is 10.5. The van der Waals surface area contributed by atoms with E-state index >= 15 is 0 Å². The minimum absolute atomic E-state index is 0.154. The number of rotatable bonds is 3. The Morgan fingerprint density at radius 3 is 2.87 bits per heavy atom. The lowest BCUT2D eigenvalue weighted by atomic mass is 10.2. The number of carboxylic acids is 1. The summed E-state index contributed by atoms with van der Waals surface area (Å²) in [6.07, 6.45) is 0. The summed E-state index contributed by atoms with van der Waals surface area (Å²) < 4.78 is 0. The van der Waals surface area contributed by atoms with Gasteiger partial charge in [-0.15, -0.1) is 0 Å².